The van der Waals surface area contributed by atoms with Gasteiger partial charge in [-0.15, -0.1) is 0 Å². The first-order chi connectivity index (χ1) is 11.1. The topological polar surface area (TPSA) is 45.6 Å². The molecule has 4 rings (SSSR count). The Morgan fingerprint density at radius 1 is 1.48 bits per heavy atom. The van der Waals surface area contributed by atoms with Crippen molar-refractivity contribution >= 4 is 28.2 Å². The van der Waals surface area contributed by atoms with Crippen LogP contribution >= 0.6 is 11.6 Å². The van der Waals surface area contributed by atoms with Crippen LogP contribution in [0.25, 0.3) is 10.9 Å². The van der Waals surface area contributed by atoms with Crippen LogP contribution in [0.5, 0.6) is 0 Å². The maximum absolute atomic E-state index is 9.98. The highest BCUT2D eigenvalue weighted by Crippen LogP contribution is 2.44. The number of nitrogens with zero attached hydrogens (tertiary/aromatic N) is 2. The number of hydrogen-bond donors (Lipinski definition) is 1. The highest BCUT2D eigenvalue weighted by molar-refractivity contribution is 6.31. The van der Waals surface area contributed by atoms with Gasteiger partial charge in [0.2, 0.25) is 0 Å². The predicted octanol–water partition coefficient (Wildman–Crippen LogP) is 3.03. The van der Waals surface area contributed by atoms with Gasteiger partial charge in [0.25, 0.3) is 0 Å². The largest absolute Gasteiger partial charge is 0.396 e. The van der Waals surface area contributed by atoms with Gasteiger partial charge in [-0.1, -0.05) is 11.6 Å². The van der Waals surface area contributed by atoms with E-state index in [4.69, 9.17) is 16.3 Å². The number of aromatic nitrogens is 1. The summed E-state index contributed by atoms with van der Waals surface area (Å²) in [5.41, 5.74) is 3.10. The molecule has 2 atom stereocenters. The van der Waals surface area contributed by atoms with Crippen LogP contribution in [-0.2, 0) is 4.74 Å². The van der Waals surface area contributed by atoms with E-state index in [-0.39, 0.29) is 12.0 Å². The Labute approximate surface area is 141 Å². The molecule has 1 N–H and O–H groups in total. The Morgan fingerprint density at radius 2 is 2.35 bits per heavy atom. The van der Waals surface area contributed by atoms with Gasteiger partial charge in [0.1, 0.15) is 0 Å². The maximum atomic E-state index is 9.98. The molecule has 0 unspecified atom stereocenters. The average Bonchev–Trinajstić information content (AvgIpc) is 2.94. The van der Waals surface area contributed by atoms with Gasteiger partial charge in [0.15, 0.2) is 0 Å². The third-order valence-electron chi connectivity index (χ3n) is 5.45. The highest BCUT2D eigenvalue weighted by atomic mass is 35.5. The van der Waals surface area contributed by atoms with Crippen LogP contribution < -0.4 is 4.90 Å². The summed E-state index contributed by atoms with van der Waals surface area (Å²) in [4.78, 5) is 6.89. The summed E-state index contributed by atoms with van der Waals surface area (Å²) in [5.74, 6) is 0.477. The molecule has 0 radical (unpaired) electrons. The third kappa shape index (κ3) is 2.40. The molecule has 2 aliphatic heterocycles. The standard InChI is InChI=1S/C18H21ClN2O2/c1-12-6-14(19)7-15-16(2-4-20-17(12)15)21-8-13-3-5-23-11-18(13,9-21)10-22/h2,4,6-7,13,22H,3,5,8-11H2,1H3/t13-,18+/m0/s1. The van der Waals surface area contributed by atoms with Crippen molar-refractivity contribution < 1.29 is 9.84 Å². The number of aryl methyl sites for hydroxylation is 1. The number of benzene rings is 1. The number of rotatable bonds is 2. The lowest BCUT2D eigenvalue weighted by molar-refractivity contribution is -0.0543. The second-order valence-electron chi connectivity index (χ2n) is 6.89. The molecule has 23 heavy (non-hydrogen) atoms. The fourth-order valence-electron chi connectivity index (χ4n) is 4.15. The van der Waals surface area contributed by atoms with Crippen LogP contribution in [0.3, 0.4) is 0 Å². The minimum absolute atomic E-state index is 0.137. The van der Waals surface area contributed by atoms with Crippen molar-refractivity contribution in [1.29, 1.82) is 0 Å². The summed E-state index contributed by atoms with van der Waals surface area (Å²) in [5, 5.41) is 11.8. The van der Waals surface area contributed by atoms with Gasteiger partial charge in [-0.3, -0.25) is 4.98 Å². The Bertz CT molecular complexity index is 751. The van der Waals surface area contributed by atoms with Crippen LogP contribution in [0.2, 0.25) is 5.02 Å². The number of ether oxygens (including phenoxy) is 1. The van der Waals surface area contributed by atoms with E-state index in [9.17, 15) is 5.11 Å². The first kappa shape index (κ1) is 15.2. The predicted molar refractivity (Wildman–Crippen MR) is 92.1 cm³/mol. The van der Waals surface area contributed by atoms with Crippen molar-refractivity contribution in [3.05, 3.63) is 35.0 Å². The first-order valence-electron chi connectivity index (χ1n) is 8.11. The molecule has 0 spiro atoms. The van der Waals surface area contributed by atoms with Gasteiger partial charge in [-0.05, 0) is 43.0 Å². The number of pyridine rings is 1. The van der Waals surface area contributed by atoms with Crippen molar-refractivity contribution in [1.82, 2.24) is 4.98 Å². The lowest BCUT2D eigenvalue weighted by Gasteiger charge is -2.36. The minimum atomic E-state index is -0.137. The van der Waals surface area contributed by atoms with Gasteiger partial charge in [0, 0.05) is 47.4 Å². The fourth-order valence-corrected chi connectivity index (χ4v) is 4.43. The molecule has 0 bridgehead atoms. The number of hydrogen-bond acceptors (Lipinski definition) is 4. The SMILES string of the molecule is Cc1cc(Cl)cc2c(N3C[C@@H]4CCOC[C@]4(CO)C3)ccnc12. The highest BCUT2D eigenvalue weighted by Gasteiger charge is 2.48. The first-order valence-corrected chi connectivity index (χ1v) is 8.49. The summed E-state index contributed by atoms with van der Waals surface area (Å²) in [7, 11) is 0. The molecule has 0 saturated carbocycles. The van der Waals surface area contributed by atoms with E-state index in [1.165, 1.54) is 0 Å². The lowest BCUT2D eigenvalue weighted by atomic mass is 9.76. The summed E-state index contributed by atoms with van der Waals surface area (Å²) < 4.78 is 5.67. The molecule has 4 nitrogen and oxygen atoms in total. The van der Waals surface area contributed by atoms with E-state index in [0.717, 1.165) is 53.3 Å². The molecule has 5 heteroatoms. The summed E-state index contributed by atoms with van der Waals surface area (Å²) >= 11 is 6.27. The Kier molecular flexibility index (Phi) is 3.71. The van der Waals surface area contributed by atoms with Gasteiger partial charge in [-0.25, -0.2) is 0 Å². The monoisotopic (exact) mass is 332 g/mol. The molecule has 2 fully saturated rings. The Morgan fingerprint density at radius 3 is 3.13 bits per heavy atom. The van der Waals surface area contributed by atoms with Crippen molar-refractivity contribution in [2.45, 2.75) is 13.3 Å². The van der Waals surface area contributed by atoms with Crippen molar-refractivity contribution in [3.63, 3.8) is 0 Å². The second kappa shape index (κ2) is 5.62. The van der Waals surface area contributed by atoms with Gasteiger partial charge in [-0.2, -0.15) is 0 Å². The van der Waals surface area contributed by atoms with Gasteiger partial charge in [0.05, 0.1) is 18.7 Å². The van der Waals surface area contributed by atoms with Crippen molar-refractivity contribution in [2.75, 3.05) is 37.8 Å². The molecular formula is C18H21ClN2O2. The molecule has 0 amide bonds. The Balaban J connectivity index is 1.78. The molecule has 3 heterocycles. The molecule has 2 aliphatic rings. The van der Waals surface area contributed by atoms with Gasteiger partial charge < -0.3 is 14.7 Å². The lowest BCUT2D eigenvalue weighted by Crippen LogP contribution is -2.42. The molecule has 2 aromatic rings. The average molecular weight is 333 g/mol. The normalized spacial score (nSPS) is 27.4. The molecule has 1 aromatic heterocycles. The van der Waals surface area contributed by atoms with Gasteiger partial charge >= 0.3 is 0 Å². The third-order valence-corrected chi connectivity index (χ3v) is 5.66. The minimum Gasteiger partial charge on any atom is -0.396 e. The van der Waals surface area contributed by atoms with Crippen LogP contribution in [0, 0.1) is 18.3 Å². The number of halogens is 1. The van der Waals surface area contributed by atoms with E-state index in [1.807, 2.05) is 25.3 Å². The summed E-state index contributed by atoms with van der Waals surface area (Å²) in [6.45, 7) is 5.43. The summed E-state index contributed by atoms with van der Waals surface area (Å²) in [6.07, 6.45) is 2.88. The van der Waals surface area contributed by atoms with E-state index in [0.29, 0.717) is 12.5 Å². The van der Waals surface area contributed by atoms with Crippen molar-refractivity contribution in [3.8, 4) is 0 Å². The summed E-state index contributed by atoms with van der Waals surface area (Å²) in [6, 6.07) is 6.01. The van der Waals surface area contributed by atoms with E-state index >= 15 is 0 Å². The number of fused-ring (bicyclic) bond motifs is 2. The molecule has 2 saturated heterocycles. The quantitative estimate of drug-likeness (QED) is 0.918. The second-order valence-corrected chi connectivity index (χ2v) is 7.32. The van der Waals surface area contributed by atoms with Crippen LogP contribution in [0.1, 0.15) is 12.0 Å². The zero-order chi connectivity index (χ0) is 16.0. The fraction of sp³-hybridized carbons (Fsp3) is 0.500. The zero-order valence-electron chi connectivity index (χ0n) is 13.3. The van der Waals surface area contributed by atoms with E-state index < -0.39 is 0 Å². The van der Waals surface area contributed by atoms with Crippen LogP contribution in [-0.4, -0.2) is 43.0 Å². The number of anilines is 1. The van der Waals surface area contributed by atoms with Crippen molar-refractivity contribution in [2.24, 2.45) is 11.3 Å². The smallest absolute Gasteiger partial charge is 0.0752 e. The Hall–Kier alpha value is -1.36. The van der Waals surface area contributed by atoms with E-state index in [1.54, 1.807) is 0 Å². The number of aliphatic hydroxyl groups excluding tert-OH is 1. The number of aliphatic hydroxyl groups is 1. The molecular weight excluding hydrogens is 312 g/mol. The zero-order valence-corrected chi connectivity index (χ0v) is 14.0. The maximum Gasteiger partial charge on any atom is 0.0752 e. The molecule has 0 aliphatic carbocycles. The van der Waals surface area contributed by atoms with Crippen LogP contribution in [0.15, 0.2) is 24.4 Å². The van der Waals surface area contributed by atoms with Crippen LogP contribution in [0.4, 0.5) is 5.69 Å². The molecule has 122 valence electrons. The van der Waals surface area contributed by atoms with E-state index in [2.05, 4.69) is 16.0 Å². The molecule has 1 aromatic carbocycles.